The van der Waals surface area contributed by atoms with Gasteiger partial charge in [-0.25, -0.2) is 0 Å². The molecule has 2 heterocycles. The maximum absolute atomic E-state index is 4.83. The van der Waals surface area contributed by atoms with Gasteiger partial charge in [-0.1, -0.05) is 11.6 Å². The number of aromatic nitrogens is 2. The fraction of sp³-hybridized carbons (Fsp3) is 0.750. The molecule has 1 aliphatic rings. The molecule has 4 nitrogen and oxygen atoms in total. The monoisotopic (exact) mass is 245 g/mol. The molecule has 1 saturated heterocycles. The Hall–Kier alpha value is -0.420. The van der Waals surface area contributed by atoms with Crippen LogP contribution in [0.5, 0.6) is 0 Å². The predicted molar refractivity (Wildman–Crippen MR) is 51.3 cm³/mol. The highest BCUT2D eigenvalue weighted by Gasteiger charge is 2.15. The van der Waals surface area contributed by atoms with Gasteiger partial charge >= 0.3 is 0 Å². The minimum absolute atomic E-state index is 0.471. The normalized spacial score (nSPS) is 23.3. The van der Waals surface area contributed by atoms with Crippen molar-refractivity contribution in [1.82, 2.24) is 15.5 Å². The third-order valence-corrected chi connectivity index (χ3v) is 2.61. The van der Waals surface area contributed by atoms with Gasteiger partial charge in [0.2, 0.25) is 0 Å². The summed E-state index contributed by atoms with van der Waals surface area (Å²) in [6, 6.07) is 0.526. The number of rotatable bonds is 2. The molecule has 1 aliphatic heterocycles. The van der Waals surface area contributed by atoms with Crippen LogP contribution in [0.3, 0.4) is 0 Å². The summed E-state index contributed by atoms with van der Waals surface area (Å²) < 4.78 is 4.83. The Morgan fingerprint density at radius 1 is 1.54 bits per heavy atom. The van der Waals surface area contributed by atoms with Gasteiger partial charge in [-0.05, 0) is 19.4 Å². The van der Waals surface area contributed by atoms with Gasteiger partial charge in [0, 0.05) is 28.4 Å². The first-order valence-electron chi connectivity index (χ1n) is 4.56. The van der Waals surface area contributed by atoms with E-state index >= 15 is 0 Å². The number of hydrogen-bond donors (Lipinski definition) is 1. The van der Waals surface area contributed by atoms with Gasteiger partial charge in [-0.3, -0.25) is 0 Å². The van der Waals surface area contributed by atoms with E-state index in [1.165, 1.54) is 19.3 Å². The second-order valence-corrected chi connectivity index (χ2v) is 3.99. The lowest BCUT2D eigenvalue weighted by Crippen LogP contribution is -2.35. The lowest BCUT2D eigenvalue weighted by Gasteiger charge is -2.21. The Morgan fingerprint density at radius 3 is 3.08 bits per heavy atom. The zero-order valence-corrected chi connectivity index (χ0v) is 8.88. The van der Waals surface area contributed by atoms with Crippen LogP contribution in [0.15, 0.2) is 9.32 Å². The van der Waals surface area contributed by atoms with E-state index < -0.39 is 0 Å². The van der Waals surface area contributed by atoms with Crippen LogP contribution in [0.1, 0.15) is 25.1 Å². The average Bonchev–Trinajstić information content (AvgIpc) is 2.53. The second-order valence-electron chi connectivity index (χ2n) is 3.31. The predicted octanol–water partition coefficient (Wildman–Crippen LogP) is 1.52. The Labute approximate surface area is 85.2 Å². The molecular formula is C8H12BrN3O. The average molecular weight is 246 g/mol. The van der Waals surface area contributed by atoms with Crippen LogP contribution in [0.4, 0.5) is 0 Å². The fourth-order valence-corrected chi connectivity index (χ4v) is 1.91. The van der Waals surface area contributed by atoms with Gasteiger partial charge in [0.15, 0.2) is 5.82 Å². The van der Waals surface area contributed by atoms with Crippen molar-refractivity contribution in [1.29, 1.82) is 0 Å². The molecule has 5 heteroatoms. The van der Waals surface area contributed by atoms with E-state index in [1.807, 2.05) is 0 Å². The van der Waals surface area contributed by atoms with Crippen molar-refractivity contribution in [3.05, 3.63) is 10.6 Å². The lowest BCUT2D eigenvalue weighted by molar-refractivity contribution is 0.369. The molecule has 1 atom stereocenters. The molecule has 0 spiro atoms. The van der Waals surface area contributed by atoms with E-state index in [-0.39, 0.29) is 0 Å². The molecule has 1 unspecified atom stereocenters. The highest BCUT2D eigenvalue weighted by molar-refractivity contribution is 9.10. The van der Waals surface area contributed by atoms with Crippen molar-refractivity contribution < 1.29 is 4.52 Å². The molecule has 0 bridgehead atoms. The van der Waals surface area contributed by atoms with E-state index in [2.05, 4.69) is 31.4 Å². The van der Waals surface area contributed by atoms with Crippen LogP contribution in [0.2, 0.25) is 0 Å². The van der Waals surface area contributed by atoms with Gasteiger partial charge in [0.05, 0.1) is 0 Å². The standard InChI is InChI=1S/C8H12BrN3O/c9-8-11-7(12-13-8)5-6-3-1-2-4-10-6/h6,10H,1-5H2. The highest BCUT2D eigenvalue weighted by Crippen LogP contribution is 2.12. The summed E-state index contributed by atoms with van der Waals surface area (Å²) in [7, 11) is 0. The zero-order valence-electron chi connectivity index (χ0n) is 7.29. The number of piperidine rings is 1. The summed E-state index contributed by atoms with van der Waals surface area (Å²) in [5.41, 5.74) is 0. The van der Waals surface area contributed by atoms with Crippen molar-refractivity contribution in [2.45, 2.75) is 31.7 Å². The molecule has 0 aromatic carbocycles. The van der Waals surface area contributed by atoms with Gasteiger partial charge in [-0.2, -0.15) is 4.98 Å². The number of nitrogens with one attached hydrogen (secondary N) is 1. The first-order valence-corrected chi connectivity index (χ1v) is 5.35. The molecule has 72 valence electrons. The topological polar surface area (TPSA) is 51.0 Å². The molecule has 1 N–H and O–H groups in total. The molecule has 1 aromatic heterocycles. The van der Waals surface area contributed by atoms with Gasteiger partial charge in [0.1, 0.15) is 0 Å². The molecule has 0 aliphatic carbocycles. The molecular weight excluding hydrogens is 234 g/mol. The largest absolute Gasteiger partial charge is 0.327 e. The molecule has 13 heavy (non-hydrogen) atoms. The lowest BCUT2D eigenvalue weighted by atomic mass is 10.0. The summed E-state index contributed by atoms with van der Waals surface area (Å²) in [6.45, 7) is 1.11. The fourth-order valence-electron chi connectivity index (χ4n) is 1.63. The van der Waals surface area contributed by atoms with E-state index in [4.69, 9.17) is 4.52 Å². The van der Waals surface area contributed by atoms with Gasteiger partial charge in [0.25, 0.3) is 4.80 Å². The van der Waals surface area contributed by atoms with E-state index in [1.54, 1.807) is 0 Å². The summed E-state index contributed by atoms with van der Waals surface area (Å²) in [5, 5.41) is 7.28. The van der Waals surface area contributed by atoms with Crippen molar-refractivity contribution in [3.63, 3.8) is 0 Å². The van der Waals surface area contributed by atoms with E-state index in [0.717, 1.165) is 18.8 Å². The highest BCUT2D eigenvalue weighted by atomic mass is 79.9. The smallest absolute Gasteiger partial charge is 0.293 e. The van der Waals surface area contributed by atoms with Crippen molar-refractivity contribution >= 4 is 15.9 Å². The SMILES string of the molecule is Brc1nc(CC2CCCCN2)no1. The van der Waals surface area contributed by atoms with Crippen LogP contribution >= 0.6 is 15.9 Å². The van der Waals surface area contributed by atoms with Gasteiger partial charge in [-0.15, -0.1) is 0 Å². The molecule has 1 aromatic rings. The minimum atomic E-state index is 0.471. The quantitative estimate of drug-likeness (QED) is 0.859. The Morgan fingerprint density at radius 2 is 2.46 bits per heavy atom. The van der Waals surface area contributed by atoms with Crippen LogP contribution in [0, 0.1) is 0 Å². The molecule has 0 amide bonds. The van der Waals surface area contributed by atoms with Crippen molar-refractivity contribution in [2.24, 2.45) is 0 Å². The maximum atomic E-state index is 4.83. The van der Waals surface area contributed by atoms with Crippen LogP contribution < -0.4 is 5.32 Å². The van der Waals surface area contributed by atoms with E-state index in [0.29, 0.717) is 10.8 Å². The Kier molecular flexibility index (Phi) is 2.95. The summed E-state index contributed by atoms with van der Waals surface area (Å²) >= 11 is 3.14. The molecule has 1 fully saturated rings. The number of nitrogens with zero attached hydrogens (tertiary/aromatic N) is 2. The summed E-state index contributed by atoms with van der Waals surface area (Å²) in [4.78, 5) is 4.57. The maximum Gasteiger partial charge on any atom is 0.293 e. The third-order valence-electron chi connectivity index (χ3n) is 2.28. The minimum Gasteiger partial charge on any atom is -0.327 e. The summed E-state index contributed by atoms with van der Waals surface area (Å²) in [5.74, 6) is 0.784. The Bertz CT molecular complexity index is 270. The van der Waals surface area contributed by atoms with Crippen molar-refractivity contribution in [3.8, 4) is 0 Å². The van der Waals surface area contributed by atoms with Crippen LogP contribution in [-0.4, -0.2) is 22.7 Å². The molecule has 0 saturated carbocycles. The van der Waals surface area contributed by atoms with Crippen LogP contribution in [-0.2, 0) is 6.42 Å². The second kappa shape index (κ2) is 4.19. The van der Waals surface area contributed by atoms with Gasteiger partial charge < -0.3 is 9.84 Å². The zero-order chi connectivity index (χ0) is 9.10. The number of hydrogen-bond acceptors (Lipinski definition) is 4. The first-order chi connectivity index (χ1) is 6.34. The van der Waals surface area contributed by atoms with Crippen LogP contribution in [0.25, 0.3) is 0 Å². The van der Waals surface area contributed by atoms with E-state index in [9.17, 15) is 0 Å². The molecule has 0 radical (unpaired) electrons. The van der Waals surface area contributed by atoms with Crippen molar-refractivity contribution in [2.75, 3.05) is 6.54 Å². The first kappa shape index (κ1) is 9.15. The molecule has 2 rings (SSSR count). The number of halogens is 1. The third kappa shape index (κ3) is 2.51. The summed E-state index contributed by atoms with van der Waals surface area (Å²) in [6.07, 6.45) is 4.67. The Balaban J connectivity index is 1.89.